The summed E-state index contributed by atoms with van der Waals surface area (Å²) in [5.74, 6) is 5.32. The fraction of sp³-hybridized carbons (Fsp3) is 0.0667. The zero-order chi connectivity index (χ0) is 13.9. The van der Waals surface area contributed by atoms with Crippen molar-refractivity contribution in [3.05, 3.63) is 69.7 Å². The van der Waals surface area contributed by atoms with Gasteiger partial charge < -0.3 is 0 Å². The second kappa shape index (κ2) is 5.50. The molecule has 0 saturated carbocycles. The van der Waals surface area contributed by atoms with Gasteiger partial charge in [-0.05, 0) is 40.2 Å². The van der Waals surface area contributed by atoms with Crippen LogP contribution in [0.5, 0.6) is 0 Å². The van der Waals surface area contributed by atoms with Gasteiger partial charge in [0.05, 0.1) is 5.56 Å². The van der Waals surface area contributed by atoms with Crippen molar-refractivity contribution in [3.63, 3.8) is 0 Å². The Balaban J connectivity index is 2.44. The SMILES string of the molecule is FC(F)(F)c1ccccc1C#Cc1ccccc1Br. The van der Waals surface area contributed by atoms with Gasteiger partial charge >= 0.3 is 6.18 Å². The molecule has 0 fully saturated rings. The van der Waals surface area contributed by atoms with Gasteiger partial charge in [0.2, 0.25) is 0 Å². The standard InChI is InChI=1S/C15H8BrF3/c16-14-8-4-2-6-12(14)10-9-11-5-1-3-7-13(11)15(17,18)19/h1-8H. The summed E-state index contributed by atoms with van der Waals surface area (Å²) in [6.45, 7) is 0. The van der Waals surface area contributed by atoms with E-state index in [2.05, 4.69) is 27.8 Å². The predicted molar refractivity (Wildman–Crippen MR) is 71.6 cm³/mol. The average molecular weight is 325 g/mol. The minimum absolute atomic E-state index is 0.0225. The lowest BCUT2D eigenvalue weighted by Crippen LogP contribution is -2.07. The van der Waals surface area contributed by atoms with E-state index in [1.165, 1.54) is 12.1 Å². The number of hydrogen-bond donors (Lipinski definition) is 0. The molecule has 0 unspecified atom stereocenters. The number of hydrogen-bond acceptors (Lipinski definition) is 0. The van der Waals surface area contributed by atoms with Gasteiger partial charge in [-0.15, -0.1) is 0 Å². The monoisotopic (exact) mass is 324 g/mol. The summed E-state index contributed by atoms with van der Waals surface area (Å²) < 4.78 is 39.1. The number of halogens is 4. The molecule has 0 radical (unpaired) electrons. The molecule has 0 bridgehead atoms. The van der Waals surface area contributed by atoms with E-state index in [1.807, 2.05) is 6.07 Å². The van der Waals surface area contributed by atoms with Crippen molar-refractivity contribution in [2.45, 2.75) is 6.18 Å². The van der Waals surface area contributed by atoms with Crippen LogP contribution in [0.25, 0.3) is 0 Å². The van der Waals surface area contributed by atoms with E-state index in [4.69, 9.17) is 0 Å². The topological polar surface area (TPSA) is 0 Å². The molecule has 96 valence electrons. The predicted octanol–water partition coefficient (Wildman–Crippen LogP) is 4.87. The molecule has 0 N–H and O–H groups in total. The Morgan fingerprint density at radius 3 is 1.95 bits per heavy atom. The van der Waals surface area contributed by atoms with Crippen molar-refractivity contribution in [1.29, 1.82) is 0 Å². The van der Waals surface area contributed by atoms with Gasteiger partial charge in [0.15, 0.2) is 0 Å². The molecular formula is C15H8BrF3. The molecule has 0 aromatic heterocycles. The first-order valence-corrected chi connectivity index (χ1v) is 6.20. The van der Waals surface area contributed by atoms with E-state index < -0.39 is 11.7 Å². The zero-order valence-corrected chi connectivity index (χ0v) is 11.2. The second-order valence-electron chi connectivity index (χ2n) is 3.77. The van der Waals surface area contributed by atoms with E-state index in [9.17, 15) is 13.2 Å². The third-order valence-electron chi connectivity index (χ3n) is 2.44. The molecule has 2 aromatic rings. The van der Waals surface area contributed by atoms with Crippen LogP contribution in [-0.4, -0.2) is 0 Å². The van der Waals surface area contributed by atoms with Crippen molar-refractivity contribution in [3.8, 4) is 11.8 Å². The lowest BCUT2D eigenvalue weighted by atomic mass is 10.1. The zero-order valence-electron chi connectivity index (χ0n) is 9.63. The number of benzene rings is 2. The first kappa shape index (κ1) is 13.7. The lowest BCUT2D eigenvalue weighted by molar-refractivity contribution is -0.137. The van der Waals surface area contributed by atoms with Crippen LogP contribution in [0.3, 0.4) is 0 Å². The van der Waals surface area contributed by atoms with Gasteiger partial charge in [0.1, 0.15) is 0 Å². The van der Waals surface area contributed by atoms with Gasteiger partial charge in [-0.3, -0.25) is 0 Å². The maximum atomic E-state index is 12.8. The highest BCUT2D eigenvalue weighted by Gasteiger charge is 2.32. The van der Waals surface area contributed by atoms with E-state index in [0.717, 1.165) is 10.5 Å². The molecule has 4 heteroatoms. The molecule has 0 aliphatic rings. The quantitative estimate of drug-likeness (QED) is 0.606. The highest BCUT2D eigenvalue weighted by atomic mass is 79.9. The van der Waals surface area contributed by atoms with Gasteiger partial charge in [-0.1, -0.05) is 36.1 Å². The van der Waals surface area contributed by atoms with Crippen molar-refractivity contribution >= 4 is 15.9 Å². The smallest absolute Gasteiger partial charge is 0.166 e. The van der Waals surface area contributed by atoms with Crippen LogP contribution in [0, 0.1) is 11.8 Å². The molecule has 0 aliphatic carbocycles. The second-order valence-corrected chi connectivity index (χ2v) is 4.63. The molecular weight excluding hydrogens is 317 g/mol. The maximum absolute atomic E-state index is 12.8. The van der Waals surface area contributed by atoms with Crippen LogP contribution in [0.4, 0.5) is 13.2 Å². The fourth-order valence-electron chi connectivity index (χ4n) is 1.54. The molecule has 0 aliphatic heterocycles. The Morgan fingerprint density at radius 2 is 1.32 bits per heavy atom. The lowest BCUT2D eigenvalue weighted by Gasteiger charge is -2.08. The third-order valence-corrected chi connectivity index (χ3v) is 3.13. The number of rotatable bonds is 0. The van der Waals surface area contributed by atoms with Gasteiger partial charge in [0, 0.05) is 15.6 Å². The van der Waals surface area contributed by atoms with E-state index >= 15 is 0 Å². The summed E-state index contributed by atoms with van der Waals surface area (Å²) >= 11 is 3.30. The third kappa shape index (κ3) is 3.39. The average Bonchev–Trinajstić information content (AvgIpc) is 2.37. The Bertz CT molecular complexity index is 648. The first-order chi connectivity index (χ1) is 8.98. The summed E-state index contributed by atoms with van der Waals surface area (Å²) in [5.41, 5.74) is -0.0835. The minimum atomic E-state index is -4.39. The summed E-state index contributed by atoms with van der Waals surface area (Å²) in [7, 11) is 0. The molecule has 0 saturated heterocycles. The fourth-order valence-corrected chi connectivity index (χ4v) is 1.92. The maximum Gasteiger partial charge on any atom is 0.417 e. The van der Waals surface area contributed by atoms with E-state index in [1.54, 1.807) is 24.3 Å². The summed E-state index contributed by atoms with van der Waals surface area (Å²) in [6.07, 6.45) is -4.39. The Labute approximate surface area is 117 Å². The first-order valence-electron chi connectivity index (χ1n) is 5.41. The van der Waals surface area contributed by atoms with Gasteiger partial charge in [0.25, 0.3) is 0 Å². The van der Waals surface area contributed by atoms with Crippen LogP contribution in [0.1, 0.15) is 16.7 Å². The summed E-state index contributed by atoms with van der Waals surface area (Å²) in [6, 6.07) is 12.4. The molecule has 0 nitrogen and oxygen atoms in total. The van der Waals surface area contributed by atoms with Crippen molar-refractivity contribution in [1.82, 2.24) is 0 Å². The van der Waals surface area contributed by atoms with Crippen LogP contribution in [0.15, 0.2) is 53.0 Å². The van der Waals surface area contributed by atoms with Crippen molar-refractivity contribution < 1.29 is 13.2 Å². The van der Waals surface area contributed by atoms with Crippen LogP contribution in [-0.2, 0) is 6.18 Å². The Morgan fingerprint density at radius 1 is 0.789 bits per heavy atom. The largest absolute Gasteiger partial charge is 0.417 e. The number of alkyl halides is 3. The van der Waals surface area contributed by atoms with Crippen LogP contribution < -0.4 is 0 Å². The van der Waals surface area contributed by atoms with E-state index in [0.29, 0.717) is 5.56 Å². The molecule has 0 atom stereocenters. The van der Waals surface area contributed by atoms with Crippen LogP contribution in [0.2, 0.25) is 0 Å². The Hall–Kier alpha value is -1.73. The molecule has 2 aromatic carbocycles. The van der Waals surface area contributed by atoms with Gasteiger partial charge in [-0.25, -0.2) is 0 Å². The summed E-state index contributed by atoms with van der Waals surface area (Å²) in [5, 5.41) is 0. The van der Waals surface area contributed by atoms with E-state index in [-0.39, 0.29) is 5.56 Å². The molecule has 0 spiro atoms. The molecule has 2 rings (SSSR count). The van der Waals surface area contributed by atoms with Gasteiger partial charge in [-0.2, -0.15) is 13.2 Å². The minimum Gasteiger partial charge on any atom is -0.166 e. The Kier molecular flexibility index (Phi) is 3.96. The normalized spacial score (nSPS) is 10.7. The molecule has 0 amide bonds. The molecule has 0 heterocycles. The molecule has 19 heavy (non-hydrogen) atoms. The highest BCUT2D eigenvalue weighted by Crippen LogP contribution is 2.31. The highest BCUT2D eigenvalue weighted by molar-refractivity contribution is 9.10. The van der Waals surface area contributed by atoms with Crippen molar-refractivity contribution in [2.75, 3.05) is 0 Å². The van der Waals surface area contributed by atoms with Crippen molar-refractivity contribution in [2.24, 2.45) is 0 Å². The summed E-state index contributed by atoms with van der Waals surface area (Å²) in [4.78, 5) is 0. The van der Waals surface area contributed by atoms with Crippen LogP contribution >= 0.6 is 15.9 Å².